The zero-order valence-corrected chi connectivity index (χ0v) is 15.8. The van der Waals surface area contributed by atoms with Crippen molar-refractivity contribution >= 4 is 11.6 Å². The van der Waals surface area contributed by atoms with Crippen molar-refractivity contribution in [2.45, 2.75) is 26.3 Å². The molecule has 27 heavy (non-hydrogen) atoms. The third-order valence-electron chi connectivity index (χ3n) is 5.02. The molecule has 1 heterocycles. The van der Waals surface area contributed by atoms with Crippen molar-refractivity contribution in [1.29, 1.82) is 0 Å². The van der Waals surface area contributed by atoms with E-state index in [1.165, 1.54) is 23.3 Å². The van der Waals surface area contributed by atoms with Gasteiger partial charge in [0, 0.05) is 50.4 Å². The van der Waals surface area contributed by atoms with Gasteiger partial charge >= 0.3 is 0 Å². The van der Waals surface area contributed by atoms with E-state index in [1.807, 2.05) is 0 Å². The maximum atomic E-state index is 12.6. The van der Waals surface area contributed by atoms with Crippen molar-refractivity contribution < 1.29 is 9.72 Å². The van der Waals surface area contributed by atoms with Crippen LogP contribution in [0, 0.1) is 10.1 Å². The monoisotopic (exact) mass is 367 g/mol. The maximum Gasteiger partial charge on any atom is 0.270 e. The summed E-state index contributed by atoms with van der Waals surface area (Å²) >= 11 is 0. The van der Waals surface area contributed by atoms with Crippen LogP contribution < -0.4 is 0 Å². The lowest BCUT2D eigenvalue weighted by Crippen LogP contribution is -2.48. The van der Waals surface area contributed by atoms with E-state index in [1.54, 1.807) is 17.0 Å². The van der Waals surface area contributed by atoms with Crippen molar-refractivity contribution in [3.05, 3.63) is 75.3 Å². The number of rotatable bonds is 5. The van der Waals surface area contributed by atoms with Gasteiger partial charge in [-0.15, -0.1) is 0 Å². The summed E-state index contributed by atoms with van der Waals surface area (Å²) in [6.07, 6.45) is 0. The van der Waals surface area contributed by atoms with E-state index in [2.05, 4.69) is 43.0 Å². The Morgan fingerprint density at radius 2 is 1.74 bits per heavy atom. The van der Waals surface area contributed by atoms with E-state index in [9.17, 15) is 14.9 Å². The fourth-order valence-electron chi connectivity index (χ4n) is 3.31. The highest BCUT2D eigenvalue weighted by Gasteiger charge is 2.23. The molecule has 0 atom stereocenters. The average Bonchev–Trinajstić information content (AvgIpc) is 2.68. The lowest BCUT2D eigenvalue weighted by molar-refractivity contribution is -0.384. The van der Waals surface area contributed by atoms with Crippen molar-refractivity contribution in [3.63, 3.8) is 0 Å². The molecule has 0 saturated carbocycles. The highest BCUT2D eigenvalue weighted by molar-refractivity contribution is 5.94. The average molecular weight is 367 g/mol. The van der Waals surface area contributed by atoms with E-state index in [0.29, 0.717) is 24.6 Å². The van der Waals surface area contributed by atoms with Crippen LogP contribution in [0.3, 0.4) is 0 Å². The molecule has 0 unspecified atom stereocenters. The maximum absolute atomic E-state index is 12.6. The molecule has 1 aliphatic heterocycles. The molecule has 1 fully saturated rings. The van der Waals surface area contributed by atoms with Gasteiger partial charge in [0.2, 0.25) is 0 Å². The third-order valence-corrected chi connectivity index (χ3v) is 5.02. The van der Waals surface area contributed by atoms with Crippen LogP contribution in [-0.4, -0.2) is 46.8 Å². The number of piperazine rings is 1. The summed E-state index contributed by atoms with van der Waals surface area (Å²) in [5, 5.41) is 10.9. The first kappa shape index (κ1) is 19.0. The SMILES string of the molecule is CC(C)c1ccc(CN2CCN(C(=O)c3cccc([N+](=O)[O-])c3)CC2)cc1. The highest BCUT2D eigenvalue weighted by Crippen LogP contribution is 2.18. The second-order valence-electron chi connectivity index (χ2n) is 7.27. The number of non-ortho nitro benzene ring substituents is 1. The van der Waals surface area contributed by atoms with Crippen LogP contribution in [-0.2, 0) is 6.54 Å². The zero-order valence-electron chi connectivity index (χ0n) is 15.8. The smallest absolute Gasteiger partial charge is 0.270 e. The largest absolute Gasteiger partial charge is 0.336 e. The molecule has 2 aromatic carbocycles. The normalized spacial score (nSPS) is 15.1. The molecule has 1 aliphatic rings. The Balaban J connectivity index is 1.56. The molecule has 0 aliphatic carbocycles. The molecule has 0 aromatic heterocycles. The predicted molar refractivity (Wildman–Crippen MR) is 105 cm³/mol. The summed E-state index contributed by atoms with van der Waals surface area (Å²) in [7, 11) is 0. The van der Waals surface area contributed by atoms with Crippen LogP contribution in [0.4, 0.5) is 5.69 Å². The van der Waals surface area contributed by atoms with Gasteiger partial charge < -0.3 is 4.90 Å². The third kappa shape index (κ3) is 4.71. The first-order valence-electron chi connectivity index (χ1n) is 9.29. The predicted octanol–water partition coefficient (Wildman–Crippen LogP) is 3.68. The van der Waals surface area contributed by atoms with Crippen LogP contribution in [0.25, 0.3) is 0 Å². The molecule has 1 saturated heterocycles. The number of hydrogen-bond donors (Lipinski definition) is 0. The standard InChI is InChI=1S/C21H25N3O3/c1-16(2)18-8-6-17(7-9-18)15-22-10-12-23(13-11-22)21(25)19-4-3-5-20(14-19)24(26)27/h3-9,14,16H,10-13,15H2,1-2H3. The molecule has 3 rings (SSSR count). The Hall–Kier alpha value is -2.73. The summed E-state index contributed by atoms with van der Waals surface area (Å²) in [6, 6.07) is 14.7. The Kier molecular flexibility index (Phi) is 5.86. The van der Waals surface area contributed by atoms with Crippen LogP contribution >= 0.6 is 0 Å². The van der Waals surface area contributed by atoms with E-state index >= 15 is 0 Å². The van der Waals surface area contributed by atoms with Crippen LogP contribution in [0.15, 0.2) is 48.5 Å². The highest BCUT2D eigenvalue weighted by atomic mass is 16.6. The minimum atomic E-state index is -0.473. The number of nitro groups is 1. The minimum Gasteiger partial charge on any atom is -0.336 e. The lowest BCUT2D eigenvalue weighted by Gasteiger charge is -2.34. The van der Waals surface area contributed by atoms with Crippen molar-refractivity contribution in [1.82, 2.24) is 9.80 Å². The molecular formula is C21H25N3O3. The van der Waals surface area contributed by atoms with Gasteiger partial charge in [-0.2, -0.15) is 0 Å². The molecule has 1 amide bonds. The van der Waals surface area contributed by atoms with Crippen LogP contribution in [0.5, 0.6) is 0 Å². The Labute approximate surface area is 159 Å². The van der Waals surface area contributed by atoms with Gasteiger partial charge in [0.25, 0.3) is 11.6 Å². The van der Waals surface area contributed by atoms with E-state index in [0.717, 1.165) is 19.6 Å². The van der Waals surface area contributed by atoms with Crippen molar-refractivity contribution in [2.24, 2.45) is 0 Å². The second-order valence-corrected chi connectivity index (χ2v) is 7.27. The number of carbonyl (C=O) groups excluding carboxylic acids is 1. The number of benzene rings is 2. The van der Waals surface area contributed by atoms with E-state index in [4.69, 9.17) is 0 Å². The van der Waals surface area contributed by atoms with Gasteiger partial charge in [-0.1, -0.05) is 44.2 Å². The summed E-state index contributed by atoms with van der Waals surface area (Å²) in [4.78, 5) is 27.2. The fourth-order valence-corrected chi connectivity index (χ4v) is 3.31. The molecule has 0 bridgehead atoms. The fraction of sp³-hybridized carbons (Fsp3) is 0.381. The molecule has 6 nitrogen and oxygen atoms in total. The first-order chi connectivity index (χ1) is 12.9. The van der Waals surface area contributed by atoms with Gasteiger partial charge in [0.1, 0.15) is 0 Å². The number of amides is 1. The van der Waals surface area contributed by atoms with Crippen molar-refractivity contribution in [3.8, 4) is 0 Å². The first-order valence-corrected chi connectivity index (χ1v) is 9.29. The van der Waals surface area contributed by atoms with Gasteiger partial charge in [-0.05, 0) is 23.1 Å². The molecule has 0 spiro atoms. The lowest BCUT2D eigenvalue weighted by atomic mass is 10.0. The second kappa shape index (κ2) is 8.31. The molecule has 0 radical (unpaired) electrons. The minimum absolute atomic E-state index is 0.0515. The van der Waals surface area contributed by atoms with Crippen LogP contribution in [0.1, 0.15) is 41.3 Å². The quantitative estimate of drug-likeness (QED) is 0.597. The molecular weight excluding hydrogens is 342 g/mol. The summed E-state index contributed by atoms with van der Waals surface area (Å²) < 4.78 is 0. The van der Waals surface area contributed by atoms with Gasteiger partial charge in [-0.3, -0.25) is 19.8 Å². The summed E-state index contributed by atoms with van der Waals surface area (Å²) in [5.41, 5.74) is 2.94. The Morgan fingerprint density at radius 3 is 2.33 bits per heavy atom. The van der Waals surface area contributed by atoms with E-state index in [-0.39, 0.29) is 11.6 Å². The summed E-state index contributed by atoms with van der Waals surface area (Å²) in [5.74, 6) is 0.391. The Bertz CT molecular complexity index is 810. The van der Waals surface area contributed by atoms with Gasteiger partial charge in [0.15, 0.2) is 0 Å². The molecule has 6 heteroatoms. The molecule has 2 aromatic rings. The topological polar surface area (TPSA) is 66.7 Å². The van der Waals surface area contributed by atoms with E-state index < -0.39 is 4.92 Å². The number of nitrogens with zero attached hydrogens (tertiary/aromatic N) is 3. The Morgan fingerprint density at radius 1 is 1.07 bits per heavy atom. The number of nitro benzene ring substituents is 1. The number of carbonyl (C=O) groups is 1. The van der Waals surface area contributed by atoms with Gasteiger partial charge in [0.05, 0.1) is 4.92 Å². The zero-order chi connectivity index (χ0) is 19.4. The molecule has 0 N–H and O–H groups in total. The number of hydrogen-bond acceptors (Lipinski definition) is 4. The summed E-state index contributed by atoms with van der Waals surface area (Å²) in [6.45, 7) is 8.10. The van der Waals surface area contributed by atoms with Crippen LogP contribution in [0.2, 0.25) is 0 Å². The van der Waals surface area contributed by atoms with Gasteiger partial charge in [-0.25, -0.2) is 0 Å². The molecule has 142 valence electrons. The van der Waals surface area contributed by atoms with Crippen molar-refractivity contribution in [2.75, 3.05) is 26.2 Å².